The highest BCUT2D eigenvalue weighted by Gasteiger charge is 2.43. The lowest BCUT2D eigenvalue weighted by atomic mass is 9.89. The van der Waals surface area contributed by atoms with E-state index in [1.807, 2.05) is 11.8 Å². The van der Waals surface area contributed by atoms with Crippen LogP contribution in [-0.4, -0.2) is 58.8 Å². The summed E-state index contributed by atoms with van der Waals surface area (Å²) in [6, 6.07) is 0.617. The number of nitrogens with zero attached hydrogens (tertiary/aromatic N) is 1. The largest absolute Gasteiger partial charge is 0.481 e. The summed E-state index contributed by atoms with van der Waals surface area (Å²) in [4.78, 5) is 13.3. The van der Waals surface area contributed by atoms with Gasteiger partial charge in [0.05, 0.1) is 5.60 Å². The molecule has 4 nitrogen and oxygen atoms in total. The average Bonchev–Trinajstić information content (AvgIpc) is 2.99. The van der Waals surface area contributed by atoms with E-state index in [1.165, 1.54) is 12.2 Å². The summed E-state index contributed by atoms with van der Waals surface area (Å²) < 4.78 is 6.07. The van der Waals surface area contributed by atoms with Gasteiger partial charge in [-0.2, -0.15) is 11.8 Å². The molecule has 3 heterocycles. The van der Waals surface area contributed by atoms with Crippen LogP contribution in [-0.2, 0) is 9.53 Å². The molecule has 108 valence electrons. The first-order valence-electron chi connectivity index (χ1n) is 7.34. The lowest BCUT2D eigenvalue weighted by Gasteiger charge is -2.41. The molecule has 0 aliphatic carbocycles. The number of carboxylic acids is 1. The van der Waals surface area contributed by atoms with Gasteiger partial charge in [0.2, 0.25) is 0 Å². The SMILES string of the molecule is O=C(O)CC1CCN(C2CCOC3(CCSC3)C2)C1. The molecule has 0 saturated carbocycles. The zero-order valence-electron chi connectivity index (χ0n) is 11.3. The Labute approximate surface area is 118 Å². The van der Waals surface area contributed by atoms with Crippen molar-refractivity contribution in [3.05, 3.63) is 0 Å². The van der Waals surface area contributed by atoms with Crippen LogP contribution in [0.15, 0.2) is 0 Å². The maximum atomic E-state index is 10.8. The minimum Gasteiger partial charge on any atom is -0.481 e. The summed E-state index contributed by atoms with van der Waals surface area (Å²) in [6.07, 6.45) is 4.85. The average molecular weight is 285 g/mol. The number of hydrogen-bond donors (Lipinski definition) is 1. The quantitative estimate of drug-likeness (QED) is 0.857. The molecule has 0 aromatic carbocycles. The first kappa shape index (κ1) is 13.7. The molecule has 5 heteroatoms. The van der Waals surface area contributed by atoms with Gasteiger partial charge in [0.15, 0.2) is 0 Å². The van der Waals surface area contributed by atoms with Crippen LogP contribution < -0.4 is 0 Å². The van der Waals surface area contributed by atoms with Crippen molar-refractivity contribution < 1.29 is 14.6 Å². The zero-order valence-corrected chi connectivity index (χ0v) is 12.2. The van der Waals surface area contributed by atoms with Crippen molar-refractivity contribution in [1.82, 2.24) is 4.90 Å². The van der Waals surface area contributed by atoms with E-state index < -0.39 is 5.97 Å². The predicted octanol–water partition coefficient (Wildman–Crippen LogP) is 1.84. The van der Waals surface area contributed by atoms with E-state index in [2.05, 4.69) is 4.90 Å². The molecule has 0 aromatic rings. The summed E-state index contributed by atoms with van der Waals surface area (Å²) in [6.45, 7) is 2.93. The van der Waals surface area contributed by atoms with Crippen molar-refractivity contribution in [1.29, 1.82) is 0 Å². The topological polar surface area (TPSA) is 49.8 Å². The van der Waals surface area contributed by atoms with E-state index >= 15 is 0 Å². The Bertz CT molecular complexity index is 344. The van der Waals surface area contributed by atoms with Crippen LogP contribution in [0.2, 0.25) is 0 Å². The van der Waals surface area contributed by atoms with E-state index in [0.29, 0.717) is 18.4 Å². The fraction of sp³-hybridized carbons (Fsp3) is 0.929. The maximum absolute atomic E-state index is 10.8. The van der Waals surface area contributed by atoms with Crippen LogP contribution >= 0.6 is 11.8 Å². The van der Waals surface area contributed by atoms with Gasteiger partial charge in [-0.25, -0.2) is 0 Å². The minimum atomic E-state index is -0.650. The normalized spacial score (nSPS) is 40.0. The van der Waals surface area contributed by atoms with E-state index in [1.54, 1.807) is 0 Å². The first-order valence-corrected chi connectivity index (χ1v) is 8.50. The van der Waals surface area contributed by atoms with E-state index in [-0.39, 0.29) is 5.60 Å². The highest BCUT2D eigenvalue weighted by Crippen LogP contribution is 2.40. The highest BCUT2D eigenvalue weighted by molar-refractivity contribution is 7.99. The number of likely N-dealkylation sites (tertiary alicyclic amines) is 1. The summed E-state index contributed by atoms with van der Waals surface area (Å²) in [5.41, 5.74) is 0.137. The van der Waals surface area contributed by atoms with Crippen LogP contribution in [0.3, 0.4) is 0 Å². The second-order valence-corrected chi connectivity index (χ2v) is 7.33. The van der Waals surface area contributed by atoms with Gasteiger partial charge in [-0.1, -0.05) is 0 Å². The number of aliphatic carboxylic acids is 1. The molecule has 0 aromatic heterocycles. The van der Waals surface area contributed by atoms with E-state index in [9.17, 15) is 4.79 Å². The summed E-state index contributed by atoms with van der Waals surface area (Å²) >= 11 is 2.01. The monoisotopic (exact) mass is 285 g/mol. The fourth-order valence-corrected chi connectivity index (χ4v) is 5.16. The number of carbonyl (C=O) groups is 1. The number of hydrogen-bond acceptors (Lipinski definition) is 4. The van der Waals surface area contributed by atoms with Gasteiger partial charge in [-0.3, -0.25) is 9.69 Å². The van der Waals surface area contributed by atoms with E-state index in [4.69, 9.17) is 9.84 Å². The Kier molecular flexibility index (Phi) is 4.06. The van der Waals surface area contributed by atoms with Gasteiger partial charge in [0, 0.05) is 31.4 Å². The molecule has 0 bridgehead atoms. The van der Waals surface area contributed by atoms with Gasteiger partial charge < -0.3 is 9.84 Å². The van der Waals surface area contributed by atoms with Crippen molar-refractivity contribution in [2.75, 3.05) is 31.2 Å². The molecule has 3 fully saturated rings. The molecule has 0 amide bonds. The Balaban J connectivity index is 1.56. The van der Waals surface area contributed by atoms with Crippen molar-refractivity contribution in [3.63, 3.8) is 0 Å². The lowest BCUT2D eigenvalue weighted by molar-refractivity contribution is -0.138. The van der Waals surface area contributed by atoms with Gasteiger partial charge in [0.1, 0.15) is 0 Å². The first-order chi connectivity index (χ1) is 9.17. The van der Waals surface area contributed by atoms with Crippen LogP contribution in [0.5, 0.6) is 0 Å². The molecule has 3 aliphatic heterocycles. The van der Waals surface area contributed by atoms with Gasteiger partial charge in [-0.05, 0) is 43.9 Å². The van der Waals surface area contributed by atoms with Gasteiger partial charge >= 0.3 is 5.97 Å². The second kappa shape index (κ2) is 5.62. The molecule has 3 atom stereocenters. The van der Waals surface area contributed by atoms with Crippen LogP contribution in [0.1, 0.15) is 32.1 Å². The minimum absolute atomic E-state index is 0.137. The lowest BCUT2D eigenvalue weighted by Crippen LogP contribution is -2.48. The molecule has 3 unspecified atom stereocenters. The van der Waals surface area contributed by atoms with Crippen molar-refractivity contribution in [3.8, 4) is 0 Å². The summed E-state index contributed by atoms with van der Waals surface area (Å²) in [5.74, 6) is 2.08. The molecule has 3 rings (SSSR count). The molecule has 19 heavy (non-hydrogen) atoms. The number of ether oxygens (including phenoxy) is 1. The van der Waals surface area contributed by atoms with E-state index in [0.717, 1.165) is 44.7 Å². The van der Waals surface area contributed by atoms with Gasteiger partial charge in [-0.15, -0.1) is 0 Å². The third-order valence-corrected chi connectivity index (χ3v) is 6.05. The van der Waals surface area contributed by atoms with Crippen molar-refractivity contribution in [2.45, 2.75) is 43.7 Å². The van der Waals surface area contributed by atoms with Crippen molar-refractivity contribution in [2.24, 2.45) is 5.92 Å². The van der Waals surface area contributed by atoms with Crippen LogP contribution in [0, 0.1) is 5.92 Å². The molecule has 3 aliphatic rings. The predicted molar refractivity (Wildman–Crippen MR) is 75.6 cm³/mol. The molecular formula is C14H23NO3S. The van der Waals surface area contributed by atoms with Crippen LogP contribution in [0.4, 0.5) is 0 Å². The number of carboxylic acid groups (broad SMARTS) is 1. The van der Waals surface area contributed by atoms with Gasteiger partial charge in [0.25, 0.3) is 0 Å². The third-order valence-electron chi connectivity index (χ3n) is 4.83. The zero-order chi connectivity index (χ0) is 13.3. The maximum Gasteiger partial charge on any atom is 0.303 e. The molecule has 3 saturated heterocycles. The van der Waals surface area contributed by atoms with Crippen LogP contribution in [0.25, 0.3) is 0 Å². The summed E-state index contributed by atoms with van der Waals surface area (Å²) in [5, 5.41) is 8.90. The number of rotatable bonds is 3. The summed E-state index contributed by atoms with van der Waals surface area (Å²) in [7, 11) is 0. The third kappa shape index (κ3) is 3.09. The Hall–Kier alpha value is -0.260. The smallest absolute Gasteiger partial charge is 0.303 e. The Morgan fingerprint density at radius 2 is 2.37 bits per heavy atom. The molecule has 1 spiro atoms. The number of thioether (sulfide) groups is 1. The fourth-order valence-electron chi connectivity index (χ4n) is 3.78. The molecule has 1 N–H and O–H groups in total. The Morgan fingerprint density at radius 1 is 1.47 bits per heavy atom. The molecule has 0 radical (unpaired) electrons. The van der Waals surface area contributed by atoms with Crippen molar-refractivity contribution >= 4 is 17.7 Å². The standard InChI is InChI=1S/C14H23NO3S/c16-13(17)7-11-1-4-15(9-11)12-2-5-18-14(8-12)3-6-19-10-14/h11-12H,1-10H2,(H,16,17). The molecular weight excluding hydrogens is 262 g/mol. The second-order valence-electron chi connectivity index (χ2n) is 6.23. The highest BCUT2D eigenvalue weighted by atomic mass is 32.2. The Morgan fingerprint density at radius 3 is 3.11 bits per heavy atom.